The molecule has 0 bridgehead atoms. The monoisotopic (exact) mass is 230 g/mol. The topological polar surface area (TPSA) is 26.2 Å². The molecule has 0 aliphatic rings. The van der Waals surface area contributed by atoms with Crippen molar-refractivity contribution in [1.82, 2.24) is 9.88 Å². The lowest BCUT2D eigenvalue weighted by molar-refractivity contribution is 0.412. The van der Waals surface area contributed by atoms with Gasteiger partial charge >= 0.3 is 0 Å². The zero-order valence-corrected chi connectivity index (χ0v) is 10.3. The van der Waals surface area contributed by atoms with Crippen LogP contribution in [0.3, 0.4) is 0 Å². The predicted octanol–water partition coefficient (Wildman–Crippen LogP) is 2.60. The summed E-state index contributed by atoms with van der Waals surface area (Å²) in [6.45, 7) is 3.94. The Kier molecular flexibility index (Phi) is 3.83. The van der Waals surface area contributed by atoms with E-state index in [1.54, 1.807) is 7.11 Å². The molecule has 3 nitrogen and oxygen atoms in total. The SMILES string of the molecule is CCNCc1cccn1-c1ccccc1OC. The normalized spacial score (nSPS) is 10.5. The van der Waals surface area contributed by atoms with Crippen LogP contribution in [0, 0.1) is 0 Å². The van der Waals surface area contributed by atoms with Gasteiger partial charge in [0.05, 0.1) is 12.8 Å². The molecular formula is C14H18N2O. The fourth-order valence-corrected chi connectivity index (χ4v) is 1.88. The van der Waals surface area contributed by atoms with E-state index in [0.29, 0.717) is 0 Å². The number of hydrogen-bond donors (Lipinski definition) is 1. The largest absolute Gasteiger partial charge is 0.495 e. The summed E-state index contributed by atoms with van der Waals surface area (Å²) in [6.07, 6.45) is 2.06. The van der Waals surface area contributed by atoms with Crippen molar-refractivity contribution in [3.8, 4) is 11.4 Å². The first kappa shape index (κ1) is 11.7. The van der Waals surface area contributed by atoms with Crippen LogP contribution in [0.15, 0.2) is 42.6 Å². The lowest BCUT2D eigenvalue weighted by Gasteiger charge is -2.13. The molecule has 0 aliphatic carbocycles. The van der Waals surface area contributed by atoms with Gasteiger partial charge in [-0.3, -0.25) is 0 Å². The average molecular weight is 230 g/mol. The summed E-state index contributed by atoms with van der Waals surface area (Å²) in [7, 11) is 1.70. The van der Waals surface area contributed by atoms with Crippen LogP contribution in [0.2, 0.25) is 0 Å². The molecule has 0 radical (unpaired) electrons. The first-order chi connectivity index (χ1) is 8.36. The maximum atomic E-state index is 5.39. The molecule has 2 rings (SSSR count). The van der Waals surface area contributed by atoms with Crippen molar-refractivity contribution in [1.29, 1.82) is 0 Å². The van der Waals surface area contributed by atoms with Crippen LogP contribution >= 0.6 is 0 Å². The first-order valence-corrected chi connectivity index (χ1v) is 5.87. The van der Waals surface area contributed by atoms with Crippen molar-refractivity contribution in [2.24, 2.45) is 0 Å². The summed E-state index contributed by atoms with van der Waals surface area (Å²) >= 11 is 0. The van der Waals surface area contributed by atoms with Gasteiger partial charge in [0.25, 0.3) is 0 Å². The van der Waals surface area contributed by atoms with Gasteiger partial charge in [-0.1, -0.05) is 19.1 Å². The number of methoxy groups -OCH3 is 1. The van der Waals surface area contributed by atoms with E-state index < -0.39 is 0 Å². The quantitative estimate of drug-likeness (QED) is 0.854. The van der Waals surface area contributed by atoms with Crippen LogP contribution in [0.4, 0.5) is 0 Å². The third-order valence-electron chi connectivity index (χ3n) is 2.73. The summed E-state index contributed by atoms with van der Waals surface area (Å²) in [4.78, 5) is 0. The third-order valence-corrected chi connectivity index (χ3v) is 2.73. The molecule has 1 N–H and O–H groups in total. The van der Waals surface area contributed by atoms with E-state index in [-0.39, 0.29) is 0 Å². The van der Waals surface area contributed by atoms with Crippen LogP contribution in [-0.4, -0.2) is 18.2 Å². The predicted molar refractivity (Wildman–Crippen MR) is 69.7 cm³/mol. The summed E-state index contributed by atoms with van der Waals surface area (Å²) in [5, 5.41) is 3.34. The lowest BCUT2D eigenvalue weighted by Crippen LogP contribution is -2.14. The van der Waals surface area contributed by atoms with Crippen LogP contribution in [0.5, 0.6) is 5.75 Å². The van der Waals surface area contributed by atoms with E-state index in [2.05, 4.69) is 41.2 Å². The Balaban J connectivity index is 2.35. The van der Waals surface area contributed by atoms with Crippen molar-refractivity contribution >= 4 is 0 Å². The molecule has 0 spiro atoms. The van der Waals surface area contributed by atoms with E-state index >= 15 is 0 Å². The van der Waals surface area contributed by atoms with Crippen LogP contribution in [0.1, 0.15) is 12.6 Å². The van der Waals surface area contributed by atoms with E-state index in [9.17, 15) is 0 Å². The highest BCUT2D eigenvalue weighted by Gasteiger charge is 2.07. The molecule has 0 saturated carbocycles. The first-order valence-electron chi connectivity index (χ1n) is 5.87. The highest BCUT2D eigenvalue weighted by molar-refractivity contribution is 5.48. The summed E-state index contributed by atoms with van der Waals surface area (Å²) in [6, 6.07) is 12.2. The number of aromatic nitrogens is 1. The van der Waals surface area contributed by atoms with Gasteiger partial charge in [0, 0.05) is 18.4 Å². The van der Waals surface area contributed by atoms with Crippen LogP contribution in [0.25, 0.3) is 5.69 Å². The number of hydrogen-bond acceptors (Lipinski definition) is 2. The fourth-order valence-electron chi connectivity index (χ4n) is 1.88. The number of ether oxygens (including phenoxy) is 1. The lowest BCUT2D eigenvalue weighted by atomic mass is 10.3. The minimum Gasteiger partial charge on any atom is -0.495 e. The molecule has 0 aliphatic heterocycles. The highest BCUT2D eigenvalue weighted by Crippen LogP contribution is 2.23. The molecular weight excluding hydrogens is 212 g/mol. The Morgan fingerprint density at radius 1 is 1.18 bits per heavy atom. The van der Waals surface area contributed by atoms with Gasteiger partial charge in [-0.05, 0) is 30.8 Å². The Morgan fingerprint density at radius 3 is 2.76 bits per heavy atom. The smallest absolute Gasteiger partial charge is 0.142 e. The molecule has 1 aromatic heterocycles. The molecule has 90 valence electrons. The molecule has 1 heterocycles. The van der Waals surface area contributed by atoms with Crippen molar-refractivity contribution in [2.75, 3.05) is 13.7 Å². The second kappa shape index (κ2) is 5.55. The minimum atomic E-state index is 0.863. The Labute approximate surface area is 102 Å². The van der Waals surface area contributed by atoms with Gasteiger partial charge < -0.3 is 14.6 Å². The number of para-hydroxylation sites is 2. The number of nitrogens with zero attached hydrogens (tertiary/aromatic N) is 1. The van der Waals surface area contributed by atoms with Crippen molar-refractivity contribution in [3.63, 3.8) is 0 Å². The maximum Gasteiger partial charge on any atom is 0.142 e. The van der Waals surface area contributed by atoms with Gasteiger partial charge in [-0.2, -0.15) is 0 Å². The minimum absolute atomic E-state index is 0.863. The van der Waals surface area contributed by atoms with Crippen LogP contribution in [-0.2, 0) is 6.54 Å². The maximum absolute atomic E-state index is 5.39. The van der Waals surface area contributed by atoms with E-state index in [1.165, 1.54) is 5.69 Å². The number of nitrogens with one attached hydrogen (secondary N) is 1. The molecule has 3 heteroatoms. The molecule has 0 atom stereocenters. The van der Waals surface area contributed by atoms with E-state index in [4.69, 9.17) is 4.74 Å². The fraction of sp³-hybridized carbons (Fsp3) is 0.286. The zero-order valence-electron chi connectivity index (χ0n) is 10.3. The third kappa shape index (κ3) is 2.50. The van der Waals surface area contributed by atoms with Crippen molar-refractivity contribution in [2.45, 2.75) is 13.5 Å². The van der Waals surface area contributed by atoms with E-state index in [0.717, 1.165) is 24.5 Å². The van der Waals surface area contributed by atoms with Crippen molar-refractivity contribution < 1.29 is 4.74 Å². The van der Waals surface area contributed by atoms with E-state index in [1.807, 2.05) is 18.2 Å². The molecule has 2 aromatic rings. The van der Waals surface area contributed by atoms with Gasteiger partial charge in [0.1, 0.15) is 5.75 Å². The average Bonchev–Trinajstić information content (AvgIpc) is 2.84. The number of rotatable bonds is 5. The molecule has 0 amide bonds. The highest BCUT2D eigenvalue weighted by atomic mass is 16.5. The Morgan fingerprint density at radius 2 is 2.00 bits per heavy atom. The van der Waals surface area contributed by atoms with Crippen molar-refractivity contribution in [3.05, 3.63) is 48.3 Å². The zero-order chi connectivity index (χ0) is 12.1. The standard InChI is InChI=1S/C14H18N2O/c1-3-15-11-12-7-6-10-16(12)13-8-4-5-9-14(13)17-2/h4-10,15H,3,11H2,1-2H3. The Hall–Kier alpha value is -1.74. The van der Waals surface area contributed by atoms with Crippen LogP contribution < -0.4 is 10.1 Å². The van der Waals surface area contributed by atoms with Gasteiger partial charge in [0.2, 0.25) is 0 Å². The molecule has 1 aromatic carbocycles. The second-order valence-electron chi connectivity index (χ2n) is 3.82. The second-order valence-corrected chi connectivity index (χ2v) is 3.82. The Bertz CT molecular complexity index is 477. The van der Waals surface area contributed by atoms with Gasteiger partial charge in [0.15, 0.2) is 0 Å². The summed E-state index contributed by atoms with van der Waals surface area (Å²) in [5.41, 5.74) is 2.31. The summed E-state index contributed by atoms with van der Waals surface area (Å²) in [5.74, 6) is 0.890. The molecule has 17 heavy (non-hydrogen) atoms. The van der Waals surface area contributed by atoms with Gasteiger partial charge in [-0.15, -0.1) is 0 Å². The molecule has 0 saturated heterocycles. The summed E-state index contributed by atoms with van der Waals surface area (Å²) < 4.78 is 7.54. The number of benzene rings is 1. The molecule has 0 fully saturated rings. The van der Waals surface area contributed by atoms with Gasteiger partial charge in [-0.25, -0.2) is 0 Å². The molecule has 0 unspecified atom stereocenters.